The highest BCUT2D eigenvalue weighted by atomic mass is 15.1. The summed E-state index contributed by atoms with van der Waals surface area (Å²) in [6.07, 6.45) is 0.988. The highest BCUT2D eigenvalue weighted by Gasteiger charge is 2.07. The average molecular weight is 153 g/mol. The third-order valence-corrected chi connectivity index (χ3v) is 1.98. The lowest BCUT2D eigenvalue weighted by Gasteiger charge is -2.25. The van der Waals surface area contributed by atoms with Crippen LogP contribution >= 0.6 is 0 Å². The third-order valence-electron chi connectivity index (χ3n) is 1.98. The minimum absolute atomic E-state index is 0.503. The Morgan fingerprint density at radius 3 is 2.09 bits per heavy atom. The Morgan fingerprint density at radius 2 is 1.82 bits per heavy atom. The van der Waals surface area contributed by atoms with Gasteiger partial charge in [-0.2, -0.15) is 0 Å². The molecule has 0 heterocycles. The smallest absolute Gasteiger partial charge is 0.0127 e. The van der Waals surface area contributed by atoms with Crippen molar-refractivity contribution in [1.29, 1.82) is 0 Å². The molecule has 0 aromatic rings. The van der Waals surface area contributed by atoms with Crippen molar-refractivity contribution in [2.45, 2.75) is 27.2 Å². The number of rotatable bonds is 4. The molecule has 0 saturated carbocycles. The minimum Gasteiger partial charge on any atom is -0.353 e. The molecule has 0 aromatic heterocycles. The van der Waals surface area contributed by atoms with Gasteiger partial charge in [0.25, 0.3) is 0 Å². The van der Waals surface area contributed by atoms with Crippen LogP contribution in [0.1, 0.15) is 27.2 Å². The van der Waals surface area contributed by atoms with E-state index >= 15 is 0 Å². The fourth-order valence-corrected chi connectivity index (χ4v) is 0.828. The SMILES string of the molecule is C=C(CC)N(C)C(=C)C(C)C. The van der Waals surface area contributed by atoms with Crippen LogP contribution in [0.3, 0.4) is 0 Å². The molecule has 1 nitrogen and oxygen atoms in total. The molecular formula is C10H19N. The Labute approximate surface area is 70.4 Å². The number of hydrogen-bond donors (Lipinski definition) is 0. The zero-order chi connectivity index (χ0) is 9.02. The number of allylic oxidation sites excluding steroid dienone is 2. The molecular weight excluding hydrogens is 134 g/mol. The minimum atomic E-state index is 0.503. The summed E-state index contributed by atoms with van der Waals surface area (Å²) in [4.78, 5) is 2.07. The van der Waals surface area contributed by atoms with Crippen LogP contribution in [0.25, 0.3) is 0 Å². The van der Waals surface area contributed by atoms with Gasteiger partial charge in [0, 0.05) is 18.4 Å². The summed E-state index contributed by atoms with van der Waals surface area (Å²) in [5, 5.41) is 0. The molecule has 64 valence electrons. The molecule has 0 atom stereocenters. The van der Waals surface area contributed by atoms with Crippen LogP contribution < -0.4 is 0 Å². The molecule has 0 fully saturated rings. The van der Waals surface area contributed by atoms with E-state index < -0.39 is 0 Å². The van der Waals surface area contributed by atoms with Gasteiger partial charge in [0.15, 0.2) is 0 Å². The molecule has 0 aliphatic heterocycles. The summed E-state index contributed by atoms with van der Waals surface area (Å²) in [7, 11) is 2.02. The molecule has 0 spiro atoms. The average Bonchev–Trinajstić information content (AvgIpc) is 2.00. The molecule has 0 unspecified atom stereocenters. The van der Waals surface area contributed by atoms with E-state index in [1.54, 1.807) is 0 Å². The molecule has 0 bridgehead atoms. The van der Waals surface area contributed by atoms with Gasteiger partial charge in [0.2, 0.25) is 0 Å². The summed E-state index contributed by atoms with van der Waals surface area (Å²) in [6, 6.07) is 0. The van der Waals surface area contributed by atoms with Crippen molar-refractivity contribution in [2.24, 2.45) is 5.92 Å². The Balaban J connectivity index is 4.13. The fourth-order valence-electron chi connectivity index (χ4n) is 0.828. The van der Waals surface area contributed by atoms with Gasteiger partial charge in [-0.15, -0.1) is 0 Å². The molecule has 0 aliphatic carbocycles. The van der Waals surface area contributed by atoms with E-state index in [-0.39, 0.29) is 0 Å². The van der Waals surface area contributed by atoms with E-state index in [2.05, 4.69) is 38.8 Å². The first-order chi connectivity index (χ1) is 5.00. The van der Waals surface area contributed by atoms with E-state index in [1.165, 1.54) is 0 Å². The van der Waals surface area contributed by atoms with Crippen molar-refractivity contribution in [3.63, 3.8) is 0 Å². The quantitative estimate of drug-likeness (QED) is 0.600. The van der Waals surface area contributed by atoms with Crippen LogP contribution in [-0.4, -0.2) is 11.9 Å². The van der Waals surface area contributed by atoms with Crippen LogP contribution in [0.2, 0.25) is 0 Å². The summed E-state index contributed by atoms with van der Waals surface area (Å²) >= 11 is 0. The largest absolute Gasteiger partial charge is 0.353 e. The lowest BCUT2D eigenvalue weighted by atomic mass is 10.1. The lowest BCUT2D eigenvalue weighted by Crippen LogP contribution is -2.18. The van der Waals surface area contributed by atoms with Crippen molar-refractivity contribution in [1.82, 2.24) is 4.90 Å². The third kappa shape index (κ3) is 2.79. The monoisotopic (exact) mass is 153 g/mol. The van der Waals surface area contributed by atoms with Crippen molar-refractivity contribution in [2.75, 3.05) is 7.05 Å². The van der Waals surface area contributed by atoms with Gasteiger partial charge in [-0.25, -0.2) is 0 Å². The fraction of sp³-hybridized carbons (Fsp3) is 0.600. The van der Waals surface area contributed by atoms with E-state index in [1.807, 2.05) is 7.05 Å². The van der Waals surface area contributed by atoms with Crippen molar-refractivity contribution >= 4 is 0 Å². The molecule has 0 N–H and O–H groups in total. The molecule has 1 heteroatoms. The Bertz CT molecular complexity index is 156. The lowest BCUT2D eigenvalue weighted by molar-refractivity contribution is 0.446. The maximum Gasteiger partial charge on any atom is 0.0127 e. The first-order valence-corrected chi connectivity index (χ1v) is 4.11. The maximum absolute atomic E-state index is 3.99. The van der Waals surface area contributed by atoms with Gasteiger partial charge in [0.1, 0.15) is 0 Å². The number of hydrogen-bond acceptors (Lipinski definition) is 1. The second-order valence-corrected chi connectivity index (χ2v) is 3.12. The zero-order valence-electron chi connectivity index (χ0n) is 8.15. The Hall–Kier alpha value is -0.720. The van der Waals surface area contributed by atoms with Gasteiger partial charge < -0.3 is 4.90 Å². The maximum atomic E-state index is 3.99. The first-order valence-electron chi connectivity index (χ1n) is 4.11. The van der Waals surface area contributed by atoms with E-state index in [0.717, 1.165) is 17.8 Å². The van der Waals surface area contributed by atoms with Gasteiger partial charge in [-0.05, 0) is 12.3 Å². The van der Waals surface area contributed by atoms with E-state index in [4.69, 9.17) is 0 Å². The molecule has 0 radical (unpaired) electrons. The van der Waals surface area contributed by atoms with Crippen LogP contribution in [-0.2, 0) is 0 Å². The predicted molar refractivity (Wildman–Crippen MR) is 51.2 cm³/mol. The normalized spacial score (nSPS) is 9.91. The van der Waals surface area contributed by atoms with Gasteiger partial charge in [0.05, 0.1) is 0 Å². The molecule has 0 saturated heterocycles. The Kier molecular flexibility index (Phi) is 3.94. The van der Waals surface area contributed by atoms with Crippen LogP contribution in [0.4, 0.5) is 0 Å². The van der Waals surface area contributed by atoms with E-state index in [0.29, 0.717) is 5.92 Å². The molecule has 0 amide bonds. The second-order valence-electron chi connectivity index (χ2n) is 3.12. The number of nitrogens with zero attached hydrogens (tertiary/aromatic N) is 1. The topological polar surface area (TPSA) is 3.24 Å². The summed E-state index contributed by atoms with van der Waals surface area (Å²) < 4.78 is 0. The predicted octanol–water partition coefficient (Wildman–Crippen LogP) is 3.01. The highest BCUT2D eigenvalue weighted by molar-refractivity contribution is 5.06. The molecule has 0 aromatic carbocycles. The van der Waals surface area contributed by atoms with Crippen molar-refractivity contribution in [3.05, 3.63) is 24.6 Å². The first kappa shape index (κ1) is 10.3. The Morgan fingerprint density at radius 1 is 1.36 bits per heavy atom. The van der Waals surface area contributed by atoms with Gasteiger partial charge >= 0.3 is 0 Å². The molecule has 11 heavy (non-hydrogen) atoms. The standard InChI is InChI=1S/C10H19N/c1-7-9(4)11(6)10(5)8(2)3/h8H,4-5,7H2,1-3,6H3. The zero-order valence-corrected chi connectivity index (χ0v) is 8.15. The van der Waals surface area contributed by atoms with Crippen LogP contribution in [0, 0.1) is 5.92 Å². The van der Waals surface area contributed by atoms with Crippen LogP contribution in [0.15, 0.2) is 24.6 Å². The molecule has 0 rings (SSSR count). The summed E-state index contributed by atoms with van der Waals surface area (Å²) in [5.41, 5.74) is 2.26. The highest BCUT2D eigenvalue weighted by Crippen LogP contribution is 2.16. The summed E-state index contributed by atoms with van der Waals surface area (Å²) in [5.74, 6) is 0.503. The second kappa shape index (κ2) is 4.22. The summed E-state index contributed by atoms with van der Waals surface area (Å²) in [6.45, 7) is 14.3. The molecule has 0 aliphatic rings. The van der Waals surface area contributed by atoms with Gasteiger partial charge in [-0.1, -0.05) is 33.9 Å². The van der Waals surface area contributed by atoms with Crippen LogP contribution in [0.5, 0.6) is 0 Å². The van der Waals surface area contributed by atoms with E-state index in [9.17, 15) is 0 Å². The van der Waals surface area contributed by atoms with Crippen molar-refractivity contribution < 1.29 is 0 Å². The van der Waals surface area contributed by atoms with Crippen molar-refractivity contribution in [3.8, 4) is 0 Å². The van der Waals surface area contributed by atoms with Gasteiger partial charge in [-0.3, -0.25) is 0 Å².